The molecule has 0 heterocycles. The minimum atomic E-state index is -0.973. The molecule has 1 rings (SSSR count). The molecule has 0 aliphatic rings. The van der Waals surface area contributed by atoms with Crippen molar-refractivity contribution in [2.75, 3.05) is 14.2 Å². The summed E-state index contributed by atoms with van der Waals surface area (Å²) in [5, 5.41) is 0. The highest BCUT2D eigenvalue weighted by Gasteiger charge is 2.20. The largest absolute Gasteiger partial charge is 0.349 e. The lowest BCUT2D eigenvalue weighted by Crippen LogP contribution is -2.27. The van der Waals surface area contributed by atoms with E-state index in [1.54, 1.807) is 12.1 Å². The van der Waals surface area contributed by atoms with Gasteiger partial charge in [0.15, 0.2) is 11.6 Å². The number of Topliss-reactive ketones (excluding diaryl/α,β-unsaturated/α-hetero) is 2. The van der Waals surface area contributed by atoms with Gasteiger partial charge in [-0.2, -0.15) is 0 Å². The fourth-order valence-corrected chi connectivity index (χ4v) is 1.76. The van der Waals surface area contributed by atoms with Crippen molar-refractivity contribution in [3.63, 3.8) is 0 Å². The van der Waals surface area contributed by atoms with Crippen molar-refractivity contribution in [3.8, 4) is 0 Å². The molecule has 1 aromatic rings. The first-order valence-corrected chi connectivity index (χ1v) is 6.21. The first-order chi connectivity index (χ1) is 8.99. The van der Waals surface area contributed by atoms with E-state index in [4.69, 9.17) is 9.47 Å². The maximum Gasteiger partial charge on any atom is 0.217 e. The molecule has 0 unspecified atom stereocenters. The number of rotatable bonds is 7. The van der Waals surface area contributed by atoms with Crippen LogP contribution in [0.15, 0.2) is 24.3 Å². The van der Waals surface area contributed by atoms with E-state index in [1.807, 2.05) is 12.1 Å². The Morgan fingerprint density at radius 2 is 1.58 bits per heavy atom. The van der Waals surface area contributed by atoms with Crippen LogP contribution in [0.3, 0.4) is 0 Å². The molecule has 0 spiro atoms. The Morgan fingerprint density at radius 3 is 2.00 bits per heavy atom. The molecule has 0 N–H and O–H groups in total. The van der Waals surface area contributed by atoms with E-state index in [-0.39, 0.29) is 18.0 Å². The average Bonchev–Trinajstić information content (AvgIpc) is 2.40. The van der Waals surface area contributed by atoms with Crippen molar-refractivity contribution in [1.82, 2.24) is 0 Å². The summed E-state index contributed by atoms with van der Waals surface area (Å²) >= 11 is 0. The van der Waals surface area contributed by atoms with Crippen LogP contribution in [-0.4, -0.2) is 32.1 Å². The smallest absolute Gasteiger partial charge is 0.217 e. The Morgan fingerprint density at radius 1 is 1.05 bits per heavy atom. The molecule has 0 aliphatic heterocycles. The lowest BCUT2D eigenvalue weighted by molar-refractivity contribution is -0.155. The summed E-state index contributed by atoms with van der Waals surface area (Å²) in [6, 6.07) is 7.32. The van der Waals surface area contributed by atoms with Crippen molar-refractivity contribution in [2.24, 2.45) is 0 Å². The van der Waals surface area contributed by atoms with E-state index in [0.717, 1.165) is 5.56 Å². The van der Waals surface area contributed by atoms with Gasteiger partial charge in [0.1, 0.15) is 0 Å². The van der Waals surface area contributed by atoms with Crippen LogP contribution in [0, 0.1) is 0 Å². The summed E-state index contributed by atoms with van der Waals surface area (Å²) in [5.41, 5.74) is 1.69. The molecule has 0 saturated heterocycles. The molecule has 0 aromatic heterocycles. The maximum absolute atomic E-state index is 11.9. The number of ether oxygens (including phenoxy) is 2. The minimum absolute atomic E-state index is 0.215. The van der Waals surface area contributed by atoms with E-state index in [0.29, 0.717) is 11.5 Å². The molecular formula is C15H20O4. The van der Waals surface area contributed by atoms with Gasteiger partial charge in [-0.15, -0.1) is 0 Å². The Kier molecular flexibility index (Phi) is 5.86. The molecule has 0 fully saturated rings. The zero-order chi connectivity index (χ0) is 14.4. The van der Waals surface area contributed by atoms with Crippen molar-refractivity contribution < 1.29 is 19.1 Å². The number of methoxy groups -OCH3 is 2. The average molecular weight is 264 g/mol. The Balaban J connectivity index is 2.70. The zero-order valence-electron chi connectivity index (χ0n) is 11.8. The number of benzene rings is 1. The highest BCUT2D eigenvalue weighted by Crippen LogP contribution is 2.15. The summed E-state index contributed by atoms with van der Waals surface area (Å²) in [4.78, 5) is 23.6. The Bertz CT molecular complexity index is 430. The molecule has 0 radical (unpaired) electrons. The van der Waals surface area contributed by atoms with Crippen molar-refractivity contribution in [3.05, 3.63) is 35.4 Å². The van der Waals surface area contributed by atoms with Gasteiger partial charge in [0, 0.05) is 19.8 Å². The summed E-state index contributed by atoms with van der Waals surface area (Å²) in [5.74, 6) is -0.181. The van der Waals surface area contributed by atoms with Crippen LogP contribution in [0.2, 0.25) is 0 Å². The van der Waals surface area contributed by atoms with Crippen molar-refractivity contribution in [1.29, 1.82) is 0 Å². The SMILES string of the molecule is COC(OC)C(=O)CC(=O)c1ccc(C(C)C)cc1. The third-order valence-corrected chi connectivity index (χ3v) is 2.93. The van der Waals surface area contributed by atoms with Gasteiger partial charge < -0.3 is 9.47 Å². The van der Waals surface area contributed by atoms with E-state index >= 15 is 0 Å². The predicted molar refractivity (Wildman–Crippen MR) is 72.3 cm³/mol. The van der Waals surface area contributed by atoms with Gasteiger partial charge in [0.25, 0.3) is 0 Å². The Hall–Kier alpha value is -1.52. The highest BCUT2D eigenvalue weighted by molar-refractivity contribution is 6.08. The first kappa shape index (κ1) is 15.5. The summed E-state index contributed by atoms with van der Waals surface area (Å²) in [7, 11) is 2.74. The lowest BCUT2D eigenvalue weighted by Gasteiger charge is -2.11. The predicted octanol–water partition coefficient (Wildman–Crippen LogP) is 2.57. The molecule has 0 atom stereocenters. The van der Waals surface area contributed by atoms with Gasteiger partial charge in [0.05, 0.1) is 6.42 Å². The van der Waals surface area contributed by atoms with E-state index in [2.05, 4.69) is 13.8 Å². The molecule has 0 aliphatic carbocycles. The van der Waals surface area contributed by atoms with Crippen LogP contribution in [0.25, 0.3) is 0 Å². The van der Waals surface area contributed by atoms with Gasteiger partial charge in [-0.05, 0) is 11.5 Å². The Labute approximate surface area is 113 Å². The topological polar surface area (TPSA) is 52.6 Å². The molecular weight excluding hydrogens is 244 g/mol. The van der Waals surface area contributed by atoms with Crippen LogP contribution in [0.4, 0.5) is 0 Å². The van der Waals surface area contributed by atoms with Gasteiger partial charge >= 0.3 is 0 Å². The molecule has 104 valence electrons. The molecule has 0 amide bonds. The molecule has 19 heavy (non-hydrogen) atoms. The van der Waals surface area contributed by atoms with Gasteiger partial charge in [-0.25, -0.2) is 0 Å². The summed E-state index contributed by atoms with van der Waals surface area (Å²) in [6.45, 7) is 4.17. The number of ketones is 2. The van der Waals surface area contributed by atoms with Crippen LogP contribution in [-0.2, 0) is 14.3 Å². The number of carbonyl (C=O) groups excluding carboxylic acids is 2. The van der Waals surface area contributed by atoms with Crippen LogP contribution >= 0.6 is 0 Å². The standard InChI is InChI=1S/C15H20O4/c1-10(2)11-5-7-12(8-6-11)13(16)9-14(17)15(18-3)19-4/h5-8,10,15H,9H2,1-4H3. The summed E-state index contributed by atoms with van der Waals surface area (Å²) in [6.07, 6.45) is -1.19. The number of hydrogen-bond acceptors (Lipinski definition) is 4. The van der Waals surface area contributed by atoms with Crippen LogP contribution < -0.4 is 0 Å². The summed E-state index contributed by atoms with van der Waals surface area (Å²) < 4.78 is 9.65. The van der Waals surface area contributed by atoms with Gasteiger partial charge in [-0.3, -0.25) is 9.59 Å². The second-order valence-electron chi connectivity index (χ2n) is 4.65. The zero-order valence-corrected chi connectivity index (χ0v) is 11.8. The van der Waals surface area contributed by atoms with E-state index < -0.39 is 6.29 Å². The fraction of sp³-hybridized carbons (Fsp3) is 0.467. The van der Waals surface area contributed by atoms with Crippen molar-refractivity contribution >= 4 is 11.6 Å². The van der Waals surface area contributed by atoms with Gasteiger partial charge in [-0.1, -0.05) is 38.1 Å². The van der Waals surface area contributed by atoms with Gasteiger partial charge in [0.2, 0.25) is 6.29 Å². The van der Waals surface area contributed by atoms with Crippen LogP contribution in [0.5, 0.6) is 0 Å². The molecule has 4 heteroatoms. The molecule has 0 bridgehead atoms. The monoisotopic (exact) mass is 264 g/mol. The third kappa shape index (κ3) is 4.26. The second-order valence-corrected chi connectivity index (χ2v) is 4.65. The maximum atomic E-state index is 11.9. The van der Waals surface area contributed by atoms with Crippen molar-refractivity contribution in [2.45, 2.75) is 32.5 Å². The van der Waals surface area contributed by atoms with E-state index in [1.165, 1.54) is 14.2 Å². The molecule has 4 nitrogen and oxygen atoms in total. The third-order valence-electron chi connectivity index (χ3n) is 2.93. The number of hydrogen-bond donors (Lipinski definition) is 0. The minimum Gasteiger partial charge on any atom is -0.349 e. The quantitative estimate of drug-likeness (QED) is 0.431. The normalized spacial score (nSPS) is 11.1. The highest BCUT2D eigenvalue weighted by atomic mass is 16.7. The first-order valence-electron chi connectivity index (χ1n) is 6.21. The number of carbonyl (C=O) groups is 2. The molecule has 0 saturated carbocycles. The second kappa shape index (κ2) is 7.16. The van der Waals surface area contributed by atoms with Crippen LogP contribution in [0.1, 0.15) is 42.1 Å². The van der Waals surface area contributed by atoms with E-state index in [9.17, 15) is 9.59 Å². The fourth-order valence-electron chi connectivity index (χ4n) is 1.76. The lowest BCUT2D eigenvalue weighted by atomic mass is 9.99. The molecule has 1 aromatic carbocycles.